The van der Waals surface area contributed by atoms with Crippen LogP contribution < -0.4 is 27.0 Å². The van der Waals surface area contributed by atoms with E-state index in [0.29, 0.717) is 0 Å². The fourth-order valence-corrected chi connectivity index (χ4v) is 5.86. The minimum atomic E-state index is -1.46. The molecule has 7 amide bonds. The number of anilines is 1. The van der Waals surface area contributed by atoms with E-state index in [0.717, 1.165) is 28.5 Å². The van der Waals surface area contributed by atoms with E-state index in [9.17, 15) is 43.5 Å². The molecule has 2 fully saturated rings. The Balaban J connectivity index is 1.49. The maximum Gasteiger partial charge on any atom is 0.411 e. The van der Waals surface area contributed by atoms with Crippen molar-refractivity contribution in [3.63, 3.8) is 0 Å². The van der Waals surface area contributed by atoms with Crippen molar-refractivity contribution in [2.75, 3.05) is 37.4 Å². The summed E-state index contributed by atoms with van der Waals surface area (Å²) in [5, 5.41) is 27.6. The van der Waals surface area contributed by atoms with Crippen molar-refractivity contribution in [2.24, 2.45) is 5.73 Å². The first kappa shape index (κ1) is 33.5. The summed E-state index contributed by atoms with van der Waals surface area (Å²) in [5.74, 6) is -4.92. The molecule has 0 unspecified atom stereocenters. The molecule has 0 radical (unpaired) electrons. The number of carboxylic acid groups (broad SMARTS) is 2. The molecule has 3 aliphatic rings. The van der Waals surface area contributed by atoms with Crippen LogP contribution in [0.2, 0.25) is 0 Å². The summed E-state index contributed by atoms with van der Waals surface area (Å²) in [6.45, 7) is 0.468. The summed E-state index contributed by atoms with van der Waals surface area (Å²) < 4.78 is 9.67. The Morgan fingerprint density at radius 2 is 1.80 bits per heavy atom. The number of thioether (sulfide) groups is 1. The highest BCUT2D eigenvalue weighted by Gasteiger charge is 2.54. The van der Waals surface area contributed by atoms with Gasteiger partial charge in [-0.05, 0) is 17.7 Å². The third-order valence-electron chi connectivity index (χ3n) is 6.83. The molecule has 0 aromatic heterocycles. The average Bonchev–Trinajstić information content (AvgIpc) is 3.45. The maximum atomic E-state index is 13.6. The van der Waals surface area contributed by atoms with Gasteiger partial charge in [-0.25, -0.2) is 24.1 Å². The normalized spacial score (nSPS) is 20.0. The Kier molecular flexibility index (Phi) is 10.3. The molecule has 3 aliphatic heterocycles. The lowest BCUT2D eigenvalue weighted by Gasteiger charge is -2.49. The van der Waals surface area contributed by atoms with Gasteiger partial charge in [0, 0.05) is 37.0 Å². The summed E-state index contributed by atoms with van der Waals surface area (Å²) in [4.78, 5) is 99.5. The molecule has 20 heteroatoms. The van der Waals surface area contributed by atoms with E-state index in [1.54, 1.807) is 0 Å². The number of imide groups is 1. The molecular weight excluding hydrogens is 634 g/mol. The molecule has 8 N–H and O–H groups in total. The Morgan fingerprint density at radius 1 is 1.11 bits per heavy atom. The van der Waals surface area contributed by atoms with Gasteiger partial charge in [0.25, 0.3) is 5.91 Å². The van der Waals surface area contributed by atoms with Gasteiger partial charge in [0.05, 0.1) is 0 Å². The second kappa shape index (κ2) is 14.2. The van der Waals surface area contributed by atoms with Crippen molar-refractivity contribution in [2.45, 2.75) is 30.4 Å². The summed E-state index contributed by atoms with van der Waals surface area (Å²) >= 11 is 1.14. The molecule has 2 saturated heterocycles. The molecule has 4 atom stereocenters. The van der Waals surface area contributed by atoms with E-state index in [4.69, 9.17) is 20.3 Å². The van der Waals surface area contributed by atoms with Crippen LogP contribution in [0.5, 0.6) is 0 Å². The number of carbonyl (C=O) groups excluding carboxylic acids is 6. The fourth-order valence-electron chi connectivity index (χ4n) is 4.54. The SMILES string of the molecule is CC(=O)OCC1=C(C(=O)O)N2C(=O)[C@@H](NC(=O)[C@H](NC(=O)N3CCNC3=O)c3ccc(NC(=O)OC[C@@H](N)C(=O)O)cc3)[C@@H]2SC1. The number of benzene rings is 1. The molecule has 4 rings (SSSR count). The zero-order valence-corrected chi connectivity index (χ0v) is 24.8. The number of hydrogen-bond donors (Lipinski definition) is 7. The standard InChI is InChI=1S/C26H29N7O12S/c1-11(34)44-8-13-10-46-21-17(20(36)33(21)18(13)23(39)40)30-19(35)16(31-25(42)32-7-6-28-24(32)41)12-2-4-14(5-3-12)29-26(43)45-9-15(27)22(37)38/h2-5,15-17,21H,6-10,27H2,1H3,(H,28,41)(H,29,43)(H,30,35)(H,31,42)(H,37,38)(H,39,40)/t15-,16-,17-,21+/m1/s1. The molecule has 46 heavy (non-hydrogen) atoms. The molecule has 246 valence electrons. The highest BCUT2D eigenvalue weighted by molar-refractivity contribution is 8.00. The molecule has 0 saturated carbocycles. The Labute approximate surface area is 263 Å². The van der Waals surface area contributed by atoms with Gasteiger partial charge in [0.1, 0.15) is 42.4 Å². The lowest BCUT2D eigenvalue weighted by Crippen LogP contribution is -2.71. The number of rotatable bonds is 11. The van der Waals surface area contributed by atoms with E-state index in [1.807, 2.05) is 0 Å². The number of β-lactam (4-membered cyclic amide) rings is 1. The fraction of sp³-hybridized carbons (Fsp3) is 0.385. The van der Waals surface area contributed by atoms with Crippen LogP contribution in [-0.2, 0) is 33.4 Å². The molecule has 0 aliphatic carbocycles. The number of nitrogens with one attached hydrogen (secondary N) is 4. The predicted octanol–water partition coefficient (Wildman–Crippen LogP) is -1.28. The molecule has 1 aromatic carbocycles. The van der Waals surface area contributed by atoms with Crippen LogP contribution in [0.1, 0.15) is 18.5 Å². The van der Waals surface area contributed by atoms with Gasteiger partial charge >= 0.3 is 36.1 Å². The first-order chi connectivity index (χ1) is 21.8. The average molecular weight is 664 g/mol. The number of fused-ring (bicyclic) bond motifs is 1. The van der Waals surface area contributed by atoms with Crippen LogP contribution in [0.15, 0.2) is 35.5 Å². The number of amides is 7. The second-order valence-electron chi connectivity index (χ2n) is 9.99. The quantitative estimate of drug-likeness (QED) is 0.107. The highest BCUT2D eigenvalue weighted by atomic mass is 32.2. The Morgan fingerprint density at radius 3 is 2.39 bits per heavy atom. The molecule has 0 bridgehead atoms. The summed E-state index contributed by atoms with van der Waals surface area (Å²) in [6.07, 6.45) is -1.00. The second-order valence-corrected chi connectivity index (χ2v) is 11.1. The predicted molar refractivity (Wildman–Crippen MR) is 155 cm³/mol. The first-order valence-corrected chi connectivity index (χ1v) is 14.5. The minimum Gasteiger partial charge on any atom is -0.480 e. The Bertz CT molecular complexity index is 1500. The molecule has 19 nitrogen and oxygen atoms in total. The van der Waals surface area contributed by atoms with Crippen LogP contribution in [0, 0.1) is 0 Å². The number of ether oxygens (including phenoxy) is 2. The minimum absolute atomic E-state index is 0.0320. The van der Waals surface area contributed by atoms with Gasteiger partial charge in [-0.1, -0.05) is 12.1 Å². The van der Waals surface area contributed by atoms with E-state index >= 15 is 0 Å². The van der Waals surface area contributed by atoms with Gasteiger partial charge in [0.15, 0.2) is 0 Å². The number of urea groups is 2. The van der Waals surface area contributed by atoms with Crippen molar-refractivity contribution in [1.82, 2.24) is 25.8 Å². The van der Waals surface area contributed by atoms with Crippen molar-refractivity contribution >= 4 is 65.3 Å². The van der Waals surface area contributed by atoms with E-state index in [-0.39, 0.29) is 48.0 Å². The smallest absolute Gasteiger partial charge is 0.411 e. The zero-order chi connectivity index (χ0) is 33.7. The molecular formula is C26H29N7O12S. The highest BCUT2D eigenvalue weighted by Crippen LogP contribution is 2.40. The van der Waals surface area contributed by atoms with Crippen molar-refractivity contribution in [3.05, 3.63) is 41.1 Å². The third kappa shape index (κ3) is 7.46. The summed E-state index contributed by atoms with van der Waals surface area (Å²) in [7, 11) is 0. The number of nitrogens with zero attached hydrogens (tertiary/aromatic N) is 2. The van der Waals surface area contributed by atoms with E-state index in [2.05, 4.69) is 21.3 Å². The van der Waals surface area contributed by atoms with Crippen LogP contribution in [0.3, 0.4) is 0 Å². The monoisotopic (exact) mass is 663 g/mol. The molecule has 1 aromatic rings. The number of carboxylic acids is 2. The van der Waals surface area contributed by atoms with Gasteiger partial charge in [-0.2, -0.15) is 0 Å². The number of nitrogens with two attached hydrogens (primary N) is 1. The van der Waals surface area contributed by atoms with Crippen molar-refractivity contribution in [1.29, 1.82) is 0 Å². The third-order valence-corrected chi connectivity index (χ3v) is 8.17. The molecule has 3 heterocycles. The van der Waals surface area contributed by atoms with Crippen LogP contribution in [-0.4, -0.2) is 117 Å². The topological polar surface area (TPSA) is 276 Å². The summed E-state index contributed by atoms with van der Waals surface area (Å²) in [6, 6.07) is -0.216. The van der Waals surface area contributed by atoms with Gasteiger partial charge in [-0.3, -0.25) is 29.4 Å². The van der Waals surface area contributed by atoms with Crippen LogP contribution >= 0.6 is 11.8 Å². The molecule has 0 spiro atoms. The van der Waals surface area contributed by atoms with E-state index < -0.39 is 78.0 Å². The van der Waals surface area contributed by atoms with Crippen molar-refractivity contribution < 1.29 is 58.0 Å². The van der Waals surface area contributed by atoms with Crippen molar-refractivity contribution in [3.8, 4) is 0 Å². The lowest BCUT2D eigenvalue weighted by atomic mass is 10.0. The lowest BCUT2D eigenvalue weighted by molar-refractivity contribution is -0.151. The van der Waals surface area contributed by atoms with Gasteiger partial charge < -0.3 is 41.4 Å². The summed E-state index contributed by atoms with van der Waals surface area (Å²) in [5.41, 5.74) is 5.50. The number of esters is 1. The van der Waals surface area contributed by atoms with Crippen LogP contribution in [0.25, 0.3) is 0 Å². The van der Waals surface area contributed by atoms with Gasteiger partial charge in [0.2, 0.25) is 5.91 Å². The largest absolute Gasteiger partial charge is 0.480 e. The zero-order valence-electron chi connectivity index (χ0n) is 24.0. The number of carbonyl (C=O) groups is 8. The Hall–Kier alpha value is -5.37. The van der Waals surface area contributed by atoms with Crippen LogP contribution in [0.4, 0.5) is 20.1 Å². The van der Waals surface area contributed by atoms with Gasteiger partial charge in [-0.15, -0.1) is 11.8 Å². The first-order valence-electron chi connectivity index (χ1n) is 13.5. The number of hydrogen-bond acceptors (Lipinski definition) is 12. The number of aliphatic carboxylic acids is 2. The maximum absolute atomic E-state index is 13.6. The van der Waals surface area contributed by atoms with E-state index in [1.165, 1.54) is 24.3 Å².